The highest BCUT2D eigenvalue weighted by atomic mass is 35.5. The maximum absolute atomic E-state index is 10.9. The maximum Gasteiger partial charge on any atom is 0.411 e. The van der Waals surface area contributed by atoms with E-state index in [2.05, 4.69) is 4.74 Å². The Hall–Kier alpha value is -0.570. The van der Waals surface area contributed by atoms with Crippen LogP contribution in [-0.4, -0.2) is 11.4 Å². The molecule has 1 saturated carbocycles. The third-order valence-electron chi connectivity index (χ3n) is 1.87. The average Bonchev–Trinajstić information content (AvgIpc) is 2.35. The number of esters is 1. The van der Waals surface area contributed by atoms with Gasteiger partial charge in [0.25, 0.3) is 0 Å². The Kier molecular flexibility index (Phi) is 2.88. The third-order valence-corrected chi connectivity index (χ3v) is 1.95. The van der Waals surface area contributed by atoms with Gasteiger partial charge in [0.2, 0.25) is 0 Å². The Morgan fingerprint density at radius 2 is 1.82 bits per heavy atom. The van der Waals surface area contributed by atoms with E-state index >= 15 is 0 Å². The molecule has 62 valence electrons. The van der Waals surface area contributed by atoms with Gasteiger partial charge in [-0.25, -0.2) is 4.79 Å². The van der Waals surface area contributed by atoms with Crippen LogP contribution in [0.15, 0.2) is 0 Å². The van der Waals surface area contributed by atoms with Crippen LogP contribution < -0.4 is 0 Å². The summed E-state index contributed by atoms with van der Waals surface area (Å²) in [5.74, 6) is -0.569. The van der Waals surface area contributed by atoms with Crippen molar-refractivity contribution in [3.05, 3.63) is 0 Å². The Balaban J connectivity index is 2.34. The SMILES string of the molecule is O=C(Cl)OC(=O)C1CCCC1. The molecule has 0 atom stereocenters. The van der Waals surface area contributed by atoms with Crippen molar-refractivity contribution in [2.75, 3.05) is 0 Å². The van der Waals surface area contributed by atoms with Gasteiger partial charge in [0.05, 0.1) is 5.92 Å². The number of halogens is 1. The molecule has 0 spiro atoms. The van der Waals surface area contributed by atoms with E-state index in [0.29, 0.717) is 0 Å². The molecule has 0 aliphatic heterocycles. The highest BCUT2D eigenvalue weighted by Crippen LogP contribution is 2.25. The fourth-order valence-electron chi connectivity index (χ4n) is 1.32. The molecule has 1 fully saturated rings. The van der Waals surface area contributed by atoms with Gasteiger partial charge in [0.15, 0.2) is 0 Å². The van der Waals surface area contributed by atoms with E-state index in [1.54, 1.807) is 0 Å². The predicted octanol–water partition coefficient (Wildman–Crippen LogP) is 2.08. The molecular weight excluding hydrogens is 168 g/mol. The molecule has 1 aliphatic rings. The predicted molar refractivity (Wildman–Crippen MR) is 39.3 cm³/mol. The van der Waals surface area contributed by atoms with Gasteiger partial charge in [-0.3, -0.25) is 4.79 Å². The van der Waals surface area contributed by atoms with E-state index in [1.165, 1.54) is 0 Å². The van der Waals surface area contributed by atoms with Gasteiger partial charge in [0.1, 0.15) is 0 Å². The first-order chi connectivity index (χ1) is 5.20. The Morgan fingerprint density at radius 1 is 1.27 bits per heavy atom. The maximum atomic E-state index is 10.9. The lowest BCUT2D eigenvalue weighted by molar-refractivity contribution is -0.140. The first-order valence-electron chi connectivity index (χ1n) is 3.61. The number of hydrogen-bond donors (Lipinski definition) is 0. The number of hydrogen-bond acceptors (Lipinski definition) is 3. The van der Waals surface area contributed by atoms with Gasteiger partial charge in [0, 0.05) is 11.6 Å². The quantitative estimate of drug-likeness (QED) is 0.349. The number of rotatable bonds is 1. The van der Waals surface area contributed by atoms with Crippen molar-refractivity contribution in [3.8, 4) is 0 Å². The summed E-state index contributed by atoms with van der Waals surface area (Å²) in [6.45, 7) is 0. The van der Waals surface area contributed by atoms with Crippen LogP contribution in [0.4, 0.5) is 4.79 Å². The van der Waals surface area contributed by atoms with Gasteiger partial charge >= 0.3 is 11.4 Å². The second kappa shape index (κ2) is 3.72. The van der Waals surface area contributed by atoms with Crippen molar-refractivity contribution in [2.24, 2.45) is 5.92 Å². The molecule has 3 nitrogen and oxygen atoms in total. The van der Waals surface area contributed by atoms with Crippen molar-refractivity contribution >= 4 is 23.0 Å². The molecule has 0 aromatic carbocycles. The van der Waals surface area contributed by atoms with Crippen LogP contribution in [0.2, 0.25) is 0 Å². The lowest BCUT2D eigenvalue weighted by atomic mass is 10.1. The molecule has 0 saturated heterocycles. The van der Waals surface area contributed by atoms with Crippen molar-refractivity contribution in [1.29, 1.82) is 0 Å². The summed E-state index contributed by atoms with van der Waals surface area (Å²) in [6.07, 6.45) is 3.72. The van der Waals surface area contributed by atoms with Gasteiger partial charge < -0.3 is 4.74 Å². The smallest absolute Gasteiger partial charge is 0.380 e. The van der Waals surface area contributed by atoms with Crippen LogP contribution >= 0.6 is 11.6 Å². The summed E-state index contributed by atoms with van der Waals surface area (Å²) in [5.41, 5.74) is -1.03. The van der Waals surface area contributed by atoms with Crippen LogP contribution in [-0.2, 0) is 9.53 Å². The van der Waals surface area contributed by atoms with Crippen LogP contribution in [0.25, 0.3) is 0 Å². The topological polar surface area (TPSA) is 43.4 Å². The number of ether oxygens (including phenoxy) is 1. The van der Waals surface area contributed by atoms with Crippen LogP contribution in [0.1, 0.15) is 25.7 Å². The van der Waals surface area contributed by atoms with Crippen LogP contribution in [0.3, 0.4) is 0 Å². The average molecular weight is 177 g/mol. The number of carbonyl (C=O) groups excluding carboxylic acids is 2. The van der Waals surface area contributed by atoms with E-state index in [9.17, 15) is 9.59 Å². The molecule has 0 N–H and O–H groups in total. The third kappa shape index (κ3) is 2.50. The van der Waals surface area contributed by atoms with E-state index in [-0.39, 0.29) is 5.92 Å². The zero-order valence-electron chi connectivity index (χ0n) is 6.01. The van der Waals surface area contributed by atoms with Crippen molar-refractivity contribution < 1.29 is 14.3 Å². The van der Waals surface area contributed by atoms with Crippen LogP contribution in [0.5, 0.6) is 0 Å². The molecule has 1 aliphatic carbocycles. The summed E-state index contributed by atoms with van der Waals surface area (Å²) in [6, 6.07) is 0. The van der Waals surface area contributed by atoms with Gasteiger partial charge in [-0.15, -0.1) is 0 Å². The second-order valence-electron chi connectivity index (χ2n) is 2.64. The first kappa shape index (κ1) is 8.53. The molecule has 0 amide bonds. The van der Waals surface area contributed by atoms with Crippen molar-refractivity contribution in [3.63, 3.8) is 0 Å². The molecule has 11 heavy (non-hydrogen) atoms. The largest absolute Gasteiger partial charge is 0.411 e. The molecule has 0 bridgehead atoms. The molecular formula is C7H9ClO3. The molecule has 0 unspecified atom stereocenters. The minimum Gasteiger partial charge on any atom is -0.380 e. The zero-order chi connectivity index (χ0) is 8.27. The lowest BCUT2D eigenvalue weighted by Crippen LogP contribution is -2.15. The van der Waals surface area contributed by atoms with Gasteiger partial charge in [-0.1, -0.05) is 12.8 Å². The molecule has 0 heterocycles. The monoisotopic (exact) mass is 176 g/mol. The summed E-state index contributed by atoms with van der Waals surface area (Å²) in [7, 11) is 0. The summed E-state index contributed by atoms with van der Waals surface area (Å²) in [4.78, 5) is 21.1. The van der Waals surface area contributed by atoms with Gasteiger partial charge in [-0.05, 0) is 12.8 Å². The minimum atomic E-state index is -1.03. The Morgan fingerprint density at radius 3 is 2.27 bits per heavy atom. The molecule has 0 radical (unpaired) electrons. The standard InChI is InChI=1S/C7H9ClO3/c8-7(10)11-6(9)5-3-1-2-4-5/h5H,1-4H2. The Labute approximate surface area is 69.7 Å². The Bertz CT molecular complexity index is 173. The lowest BCUT2D eigenvalue weighted by Gasteiger charge is -2.03. The number of carbonyl (C=O) groups is 2. The zero-order valence-corrected chi connectivity index (χ0v) is 6.76. The second-order valence-corrected chi connectivity index (χ2v) is 2.95. The fourth-order valence-corrected chi connectivity index (χ4v) is 1.40. The summed E-state index contributed by atoms with van der Waals surface area (Å²) < 4.78 is 4.22. The molecule has 0 aromatic rings. The fraction of sp³-hybridized carbons (Fsp3) is 0.714. The van der Waals surface area contributed by atoms with E-state index in [4.69, 9.17) is 11.6 Å². The van der Waals surface area contributed by atoms with E-state index in [1.807, 2.05) is 0 Å². The molecule has 4 heteroatoms. The summed E-state index contributed by atoms with van der Waals surface area (Å²) >= 11 is 4.87. The first-order valence-corrected chi connectivity index (χ1v) is 3.99. The highest BCUT2D eigenvalue weighted by Gasteiger charge is 2.25. The molecule has 0 aromatic heterocycles. The van der Waals surface area contributed by atoms with E-state index < -0.39 is 11.4 Å². The highest BCUT2D eigenvalue weighted by molar-refractivity contribution is 6.61. The molecule has 1 rings (SSSR count). The minimum absolute atomic E-state index is 0.0994. The normalized spacial score (nSPS) is 18.3. The van der Waals surface area contributed by atoms with Crippen molar-refractivity contribution in [1.82, 2.24) is 0 Å². The van der Waals surface area contributed by atoms with Crippen LogP contribution in [0, 0.1) is 5.92 Å². The van der Waals surface area contributed by atoms with Gasteiger partial charge in [-0.2, -0.15) is 0 Å². The summed E-state index contributed by atoms with van der Waals surface area (Å²) in [5, 5.41) is 0. The van der Waals surface area contributed by atoms with E-state index in [0.717, 1.165) is 25.7 Å². The van der Waals surface area contributed by atoms with Crippen molar-refractivity contribution in [2.45, 2.75) is 25.7 Å².